The molecule has 0 unspecified atom stereocenters. The SMILES string of the molecule is Cc1cccc(C)c1-c1nc2ccc(C(=O)Cc3ccc4c(C)cc(=O)oc4c3)cc2[nH]1. The summed E-state index contributed by atoms with van der Waals surface area (Å²) in [5.74, 6) is 0.796. The third kappa shape index (κ3) is 3.52. The lowest BCUT2D eigenvalue weighted by molar-refractivity contribution is 0.0993. The van der Waals surface area contributed by atoms with E-state index < -0.39 is 0 Å². The average Bonchev–Trinajstić information content (AvgIpc) is 3.16. The van der Waals surface area contributed by atoms with Gasteiger partial charge in [0.25, 0.3) is 0 Å². The van der Waals surface area contributed by atoms with Crippen LogP contribution in [0.5, 0.6) is 0 Å². The first-order chi connectivity index (χ1) is 15.4. The Morgan fingerprint density at radius 3 is 2.50 bits per heavy atom. The molecule has 0 atom stereocenters. The molecule has 0 aliphatic heterocycles. The number of ketones is 1. The molecular formula is C27H22N2O3. The maximum atomic E-state index is 13.0. The van der Waals surface area contributed by atoms with Gasteiger partial charge in [0.1, 0.15) is 11.4 Å². The van der Waals surface area contributed by atoms with Gasteiger partial charge in [-0.15, -0.1) is 0 Å². The standard InChI is InChI=1S/C27H22N2O3/c1-15-5-4-6-16(2)26(15)27-28-21-10-8-19(14-22(21)29-27)23(30)12-18-7-9-20-17(3)11-25(31)32-24(20)13-18/h4-11,13-14H,12H2,1-3H3,(H,28,29). The molecule has 0 saturated heterocycles. The molecule has 1 N–H and O–H groups in total. The lowest BCUT2D eigenvalue weighted by Crippen LogP contribution is -2.04. The van der Waals surface area contributed by atoms with E-state index in [9.17, 15) is 9.59 Å². The van der Waals surface area contributed by atoms with E-state index >= 15 is 0 Å². The Bertz CT molecular complexity index is 1550. The van der Waals surface area contributed by atoms with E-state index in [1.165, 1.54) is 6.07 Å². The molecule has 0 aliphatic carbocycles. The summed E-state index contributed by atoms with van der Waals surface area (Å²) in [4.78, 5) is 32.8. The van der Waals surface area contributed by atoms with Crippen LogP contribution in [0, 0.1) is 20.8 Å². The van der Waals surface area contributed by atoms with E-state index in [1.54, 1.807) is 6.07 Å². The van der Waals surface area contributed by atoms with Gasteiger partial charge in [-0.1, -0.05) is 30.3 Å². The highest BCUT2D eigenvalue weighted by Gasteiger charge is 2.14. The number of hydrogen-bond acceptors (Lipinski definition) is 4. The molecule has 2 heterocycles. The first-order valence-electron chi connectivity index (χ1n) is 10.5. The number of carbonyl (C=O) groups excluding carboxylic acids is 1. The Morgan fingerprint density at radius 2 is 1.72 bits per heavy atom. The maximum Gasteiger partial charge on any atom is 0.336 e. The van der Waals surface area contributed by atoms with Crippen LogP contribution in [0.3, 0.4) is 0 Å². The van der Waals surface area contributed by atoms with Crippen LogP contribution in [0.1, 0.15) is 32.6 Å². The van der Waals surface area contributed by atoms with Crippen molar-refractivity contribution in [1.29, 1.82) is 0 Å². The minimum Gasteiger partial charge on any atom is -0.423 e. The number of nitrogens with one attached hydrogen (secondary N) is 1. The van der Waals surface area contributed by atoms with Crippen LogP contribution in [0.4, 0.5) is 0 Å². The normalized spacial score (nSPS) is 11.3. The Kier molecular flexibility index (Phi) is 4.74. The molecule has 0 radical (unpaired) electrons. The van der Waals surface area contributed by atoms with Crippen LogP contribution in [0.25, 0.3) is 33.4 Å². The second-order valence-electron chi connectivity index (χ2n) is 8.26. The zero-order valence-electron chi connectivity index (χ0n) is 18.2. The lowest BCUT2D eigenvalue weighted by Gasteiger charge is -2.05. The number of aromatic amines is 1. The molecule has 0 spiro atoms. The first kappa shape index (κ1) is 19.9. The van der Waals surface area contributed by atoms with Crippen LogP contribution in [0.15, 0.2) is 69.9 Å². The molecule has 5 rings (SSSR count). The smallest absolute Gasteiger partial charge is 0.336 e. The summed E-state index contributed by atoms with van der Waals surface area (Å²) < 4.78 is 5.31. The summed E-state index contributed by atoms with van der Waals surface area (Å²) in [5.41, 5.74) is 7.43. The van der Waals surface area contributed by atoms with Gasteiger partial charge in [0.2, 0.25) is 0 Å². The van der Waals surface area contributed by atoms with Crippen molar-refractivity contribution in [2.24, 2.45) is 0 Å². The van der Waals surface area contributed by atoms with E-state index in [1.807, 2.05) is 43.3 Å². The third-order valence-electron chi connectivity index (χ3n) is 5.90. The molecule has 2 aromatic heterocycles. The zero-order chi connectivity index (χ0) is 22.4. The molecule has 158 valence electrons. The van der Waals surface area contributed by atoms with Crippen LogP contribution in [-0.2, 0) is 6.42 Å². The number of H-pyrrole nitrogens is 1. The summed E-state index contributed by atoms with van der Waals surface area (Å²) in [7, 11) is 0. The van der Waals surface area contributed by atoms with Gasteiger partial charge in [0.15, 0.2) is 5.78 Å². The predicted molar refractivity (Wildman–Crippen MR) is 126 cm³/mol. The Balaban J connectivity index is 1.46. The van der Waals surface area contributed by atoms with Crippen molar-refractivity contribution in [3.63, 3.8) is 0 Å². The summed E-state index contributed by atoms with van der Waals surface area (Å²) in [6.45, 7) is 6.01. The third-order valence-corrected chi connectivity index (χ3v) is 5.90. The summed E-state index contributed by atoms with van der Waals surface area (Å²) in [6.07, 6.45) is 0.219. The molecule has 0 fully saturated rings. The predicted octanol–water partition coefficient (Wildman–Crippen LogP) is 5.69. The fourth-order valence-electron chi connectivity index (χ4n) is 4.26. The van der Waals surface area contributed by atoms with Crippen molar-refractivity contribution in [2.45, 2.75) is 27.2 Å². The number of fused-ring (bicyclic) bond motifs is 2. The number of rotatable bonds is 4. The van der Waals surface area contributed by atoms with E-state index in [4.69, 9.17) is 9.40 Å². The minimum absolute atomic E-state index is 0.00975. The van der Waals surface area contributed by atoms with Gasteiger partial charge < -0.3 is 9.40 Å². The van der Waals surface area contributed by atoms with Crippen LogP contribution in [0.2, 0.25) is 0 Å². The monoisotopic (exact) mass is 422 g/mol. The lowest BCUT2D eigenvalue weighted by atomic mass is 10.0. The Labute approximate surface area is 184 Å². The Morgan fingerprint density at radius 1 is 0.938 bits per heavy atom. The fraction of sp³-hybridized carbons (Fsp3) is 0.148. The van der Waals surface area contributed by atoms with E-state index in [2.05, 4.69) is 31.0 Å². The van der Waals surface area contributed by atoms with E-state index in [0.29, 0.717) is 11.1 Å². The van der Waals surface area contributed by atoms with Gasteiger partial charge in [-0.3, -0.25) is 4.79 Å². The highest BCUT2D eigenvalue weighted by molar-refractivity contribution is 6.00. The zero-order valence-corrected chi connectivity index (χ0v) is 18.2. The highest BCUT2D eigenvalue weighted by Crippen LogP contribution is 2.27. The number of imidazole rings is 1. The van der Waals surface area contributed by atoms with Crippen molar-refractivity contribution in [3.05, 3.63) is 98.9 Å². The van der Waals surface area contributed by atoms with Gasteiger partial charge in [0.05, 0.1) is 11.0 Å². The first-order valence-corrected chi connectivity index (χ1v) is 10.5. The highest BCUT2D eigenvalue weighted by atomic mass is 16.4. The number of hydrogen-bond donors (Lipinski definition) is 1. The summed E-state index contributed by atoms with van der Waals surface area (Å²) in [5, 5.41) is 0.874. The molecule has 5 heteroatoms. The second-order valence-corrected chi connectivity index (χ2v) is 8.26. The minimum atomic E-state index is -0.386. The van der Waals surface area contributed by atoms with Gasteiger partial charge in [0, 0.05) is 29.0 Å². The summed E-state index contributed by atoms with van der Waals surface area (Å²) >= 11 is 0. The van der Waals surface area contributed by atoms with Gasteiger partial charge in [-0.25, -0.2) is 9.78 Å². The molecule has 5 nitrogen and oxygen atoms in total. The Hall–Kier alpha value is -3.99. The number of Topliss-reactive ketones (excluding diaryl/α,β-unsaturated/α-hetero) is 1. The summed E-state index contributed by atoms with van der Waals surface area (Å²) in [6, 6.07) is 18.8. The van der Waals surface area contributed by atoms with Crippen molar-refractivity contribution in [1.82, 2.24) is 9.97 Å². The number of carbonyl (C=O) groups is 1. The molecule has 3 aromatic carbocycles. The van der Waals surface area contributed by atoms with Crippen molar-refractivity contribution >= 4 is 27.8 Å². The van der Waals surface area contributed by atoms with Gasteiger partial charge in [-0.05, 0) is 67.3 Å². The van der Waals surface area contributed by atoms with Crippen LogP contribution >= 0.6 is 0 Å². The number of aromatic nitrogens is 2. The molecule has 32 heavy (non-hydrogen) atoms. The number of benzene rings is 3. The molecule has 0 bridgehead atoms. The average molecular weight is 422 g/mol. The molecule has 0 saturated carbocycles. The quantitative estimate of drug-likeness (QED) is 0.298. The van der Waals surface area contributed by atoms with Crippen molar-refractivity contribution < 1.29 is 9.21 Å². The van der Waals surface area contributed by atoms with E-state index in [0.717, 1.165) is 50.1 Å². The molecule has 0 amide bonds. The number of aryl methyl sites for hydroxylation is 3. The van der Waals surface area contributed by atoms with Gasteiger partial charge >= 0.3 is 5.63 Å². The fourth-order valence-corrected chi connectivity index (χ4v) is 4.26. The number of nitrogens with zero attached hydrogens (tertiary/aromatic N) is 1. The molecular weight excluding hydrogens is 400 g/mol. The van der Waals surface area contributed by atoms with Crippen molar-refractivity contribution in [2.75, 3.05) is 0 Å². The van der Waals surface area contributed by atoms with Crippen molar-refractivity contribution in [3.8, 4) is 11.4 Å². The second kappa shape index (κ2) is 7.61. The molecule has 5 aromatic rings. The van der Waals surface area contributed by atoms with Gasteiger partial charge in [-0.2, -0.15) is 0 Å². The molecule has 0 aliphatic rings. The van der Waals surface area contributed by atoms with Crippen LogP contribution in [-0.4, -0.2) is 15.8 Å². The van der Waals surface area contributed by atoms with E-state index in [-0.39, 0.29) is 17.8 Å². The van der Waals surface area contributed by atoms with Crippen LogP contribution < -0.4 is 5.63 Å². The topological polar surface area (TPSA) is 76.0 Å². The largest absolute Gasteiger partial charge is 0.423 e. The maximum absolute atomic E-state index is 13.0.